The highest BCUT2D eigenvalue weighted by atomic mass is 28.2. The monoisotopic (exact) mass is 850 g/mol. The van der Waals surface area contributed by atoms with Gasteiger partial charge in [-0.3, -0.25) is 9.59 Å². The van der Waals surface area contributed by atoms with E-state index in [2.05, 4.69) is 78.9 Å². The predicted octanol–water partition coefficient (Wildman–Crippen LogP) is 7.68. The Balaban J connectivity index is 1.07. The van der Waals surface area contributed by atoms with Crippen molar-refractivity contribution in [3.63, 3.8) is 0 Å². The van der Waals surface area contributed by atoms with E-state index < -0.39 is 24.9 Å². The van der Waals surface area contributed by atoms with E-state index in [9.17, 15) is 9.59 Å². The van der Waals surface area contributed by atoms with Crippen molar-refractivity contribution < 1.29 is 23.2 Å². The second-order valence-corrected chi connectivity index (χ2v) is 18.6. The summed E-state index contributed by atoms with van der Waals surface area (Å²) in [6.07, 6.45) is 9.83. The molecule has 4 aromatic rings. The molecule has 0 radical (unpaired) electrons. The van der Waals surface area contributed by atoms with Gasteiger partial charge in [-0.05, 0) is 79.2 Å². The highest BCUT2D eigenvalue weighted by molar-refractivity contribution is 6.26. The average Bonchev–Trinajstić information content (AvgIpc) is 3.73. The number of nitrogens with zero attached hydrogens (tertiary/aromatic N) is 1. The number of nitrogens with two attached hydrogens (primary N) is 1. The summed E-state index contributed by atoms with van der Waals surface area (Å²) >= 11 is 0. The number of benzene rings is 4. The molecule has 0 saturated carbocycles. The van der Waals surface area contributed by atoms with Crippen LogP contribution in [0.5, 0.6) is 5.75 Å². The zero-order chi connectivity index (χ0) is 42.6. The quantitative estimate of drug-likeness (QED) is 0.0233. The van der Waals surface area contributed by atoms with Gasteiger partial charge in [-0.1, -0.05) is 156 Å². The fraction of sp³-hybridized carbons (Fsp3) is 0.469. The fourth-order valence-electron chi connectivity index (χ4n) is 9.19. The van der Waals surface area contributed by atoms with Crippen molar-refractivity contribution in [3.8, 4) is 5.75 Å². The fourth-order valence-corrected chi connectivity index (χ4v) is 11.0. The number of carbonyl (C=O) groups excluding carboxylic acids is 2. The molecular formula is C49H70N4O5Si2. The standard InChI is InChI=1S/C49H70N4O5Si2/c1-48(2,47(57-59-3)58-60-4)43(39-27-28-45(44(33-39)52-37-54)56-36-38-21-13-10-14-22-38)34-51-30-19-8-6-5-7-9-20-31-53-32-29-42(35-53)49(46(50)55,40-23-15-11-16-24-40)41-25-17-12-18-26-41/h10-18,21-28,33,37,42-43,47,51H,5-9,19-20,29-32,34-36,59-60H2,1-4H3,(H2,50,55)(H,52,54)/t42?,43-/m1/s1. The number of nitrogens with one attached hydrogen (secondary N) is 2. The highest BCUT2D eigenvalue weighted by Crippen LogP contribution is 2.44. The van der Waals surface area contributed by atoms with Crippen molar-refractivity contribution in [1.82, 2.24) is 10.2 Å². The lowest BCUT2D eigenvalue weighted by atomic mass is 9.64. The summed E-state index contributed by atoms with van der Waals surface area (Å²) in [5, 5.41) is 6.67. The molecule has 2 amide bonds. The maximum absolute atomic E-state index is 13.4. The largest absolute Gasteiger partial charge is 0.487 e. The first-order valence-corrected chi connectivity index (χ1v) is 26.3. The van der Waals surface area contributed by atoms with Gasteiger partial charge >= 0.3 is 0 Å². The Morgan fingerprint density at radius 3 is 2.00 bits per heavy atom. The third kappa shape index (κ3) is 12.5. The van der Waals surface area contributed by atoms with Gasteiger partial charge in [0.05, 0.1) is 5.69 Å². The van der Waals surface area contributed by atoms with Gasteiger partial charge < -0.3 is 34.9 Å². The summed E-state index contributed by atoms with van der Waals surface area (Å²) < 4.78 is 18.8. The van der Waals surface area contributed by atoms with E-state index in [1.165, 1.54) is 38.5 Å². The Kier molecular flexibility index (Phi) is 19.1. The Morgan fingerprint density at radius 1 is 0.833 bits per heavy atom. The van der Waals surface area contributed by atoms with Crippen LogP contribution >= 0.6 is 0 Å². The Hall–Kier alpha value is -4.11. The molecule has 0 spiro atoms. The van der Waals surface area contributed by atoms with E-state index in [-0.39, 0.29) is 29.4 Å². The van der Waals surface area contributed by atoms with Crippen LogP contribution in [-0.4, -0.2) is 75.8 Å². The molecule has 4 N–H and O–H groups in total. The van der Waals surface area contributed by atoms with Crippen molar-refractivity contribution in [3.05, 3.63) is 131 Å². The van der Waals surface area contributed by atoms with Gasteiger partial charge in [-0.2, -0.15) is 0 Å². The number of unbranched alkanes of at least 4 members (excludes halogenated alkanes) is 6. The van der Waals surface area contributed by atoms with Crippen LogP contribution in [0, 0.1) is 11.3 Å². The lowest BCUT2D eigenvalue weighted by Crippen LogP contribution is -2.49. The first kappa shape index (κ1) is 47.0. The average molecular weight is 851 g/mol. The molecule has 1 unspecified atom stereocenters. The smallest absolute Gasteiger partial charge is 0.232 e. The summed E-state index contributed by atoms with van der Waals surface area (Å²) in [5.41, 5.74) is 9.99. The number of amides is 2. The van der Waals surface area contributed by atoms with Crippen molar-refractivity contribution in [2.75, 3.05) is 38.0 Å². The van der Waals surface area contributed by atoms with Crippen molar-refractivity contribution >= 4 is 37.5 Å². The topological polar surface area (TPSA) is 115 Å². The molecule has 0 aromatic heterocycles. The van der Waals surface area contributed by atoms with E-state index in [4.69, 9.17) is 19.3 Å². The Labute approximate surface area is 364 Å². The molecule has 1 heterocycles. The summed E-state index contributed by atoms with van der Waals surface area (Å²) in [6.45, 7) is 13.9. The number of anilines is 1. The van der Waals surface area contributed by atoms with Crippen LogP contribution in [0.3, 0.4) is 0 Å². The molecule has 324 valence electrons. The van der Waals surface area contributed by atoms with E-state index in [0.29, 0.717) is 24.5 Å². The lowest BCUT2D eigenvalue weighted by Gasteiger charge is -2.41. The molecule has 60 heavy (non-hydrogen) atoms. The van der Waals surface area contributed by atoms with Crippen LogP contribution < -0.4 is 21.1 Å². The second kappa shape index (κ2) is 24.4. The molecule has 1 aliphatic rings. The molecule has 1 saturated heterocycles. The molecule has 1 aliphatic heterocycles. The van der Waals surface area contributed by atoms with Gasteiger partial charge in [-0.25, -0.2) is 0 Å². The minimum atomic E-state index is -0.830. The lowest BCUT2D eigenvalue weighted by molar-refractivity contribution is -0.123. The maximum atomic E-state index is 13.4. The first-order valence-electron chi connectivity index (χ1n) is 22.3. The Morgan fingerprint density at radius 2 is 1.42 bits per heavy atom. The maximum Gasteiger partial charge on any atom is 0.232 e. The van der Waals surface area contributed by atoms with Gasteiger partial charge in [0.1, 0.15) is 24.1 Å². The minimum absolute atomic E-state index is 0.0775. The normalized spacial score (nSPS) is 16.1. The molecule has 11 heteroatoms. The van der Waals surface area contributed by atoms with Gasteiger partial charge in [-0.15, -0.1) is 0 Å². The summed E-state index contributed by atoms with van der Waals surface area (Å²) in [5.74, 6) is 0.594. The molecule has 5 rings (SSSR count). The van der Waals surface area contributed by atoms with Crippen molar-refractivity contribution in [1.29, 1.82) is 0 Å². The third-order valence-corrected chi connectivity index (χ3v) is 13.7. The Bertz CT molecular complexity index is 1810. The SMILES string of the molecule is C[SiH2]OC(O[SiH2]C)C(C)(C)[C@H](CNCCCCCCCCCN1CCC(C(C(N)=O)(c2ccccc2)c2ccccc2)C1)c1ccc(OCc2ccccc2)c(NC=O)c1. The van der Waals surface area contributed by atoms with E-state index in [0.717, 1.165) is 67.8 Å². The third-order valence-electron chi connectivity index (χ3n) is 12.4. The molecule has 2 atom stereocenters. The zero-order valence-corrected chi connectivity index (χ0v) is 39.4. The molecule has 0 aliphatic carbocycles. The van der Waals surface area contributed by atoms with Crippen LogP contribution in [0.2, 0.25) is 13.1 Å². The number of likely N-dealkylation sites (tertiary alicyclic amines) is 1. The van der Waals surface area contributed by atoms with Crippen LogP contribution in [0.4, 0.5) is 5.69 Å². The summed E-state index contributed by atoms with van der Waals surface area (Å²) in [6, 6.07) is 36.5. The van der Waals surface area contributed by atoms with Gasteiger partial charge in [0.15, 0.2) is 19.5 Å². The number of hydrogen-bond donors (Lipinski definition) is 3. The van der Waals surface area contributed by atoms with Gasteiger partial charge in [0.25, 0.3) is 0 Å². The molecule has 9 nitrogen and oxygen atoms in total. The van der Waals surface area contributed by atoms with Crippen LogP contribution in [0.25, 0.3) is 0 Å². The second-order valence-electron chi connectivity index (χ2n) is 16.8. The van der Waals surface area contributed by atoms with Crippen LogP contribution in [0.1, 0.15) is 93.4 Å². The van der Waals surface area contributed by atoms with Crippen LogP contribution in [-0.2, 0) is 30.5 Å². The van der Waals surface area contributed by atoms with E-state index in [1.54, 1.807) is 0 Å². The first-order chi connectivity index (χ1) is 29.2. The number of primary amides is 1. The zero-order valence-electron chi connectivity index (χ0n) is 36.6. The summed E-state index contributed by atoms with van der Waals surface area (Å²) in [4.78, 5) is 27.7. The summed E-state index contributed by atoms with van der Waals surface area (Å²) in [7, 11) is -1.39. The van der Waals surface area contributed by atoms with Gasteiger partial charge in [0.2, 0.25) is 12.3 Å². The molecule has 4 aromatic carbocycles. The highest BCUT2D eigenvalue weighted by Gasteiger charge is 2.49. The van der Waals surface area contributed by atoms with E-state index in [1.807, 2.05) is 72.8 Å². The van der Waals surface area contributed by atoms with Crippen LogP contribution in [0.15, 0.2) is 109 Å². The number of carbonyl (C=O) groups is 2. The predicted molar refractivity (Wildman–Crippen MR) is 251 cm³/mol. The van der Waals surface area contributed by atoms with Crippen molar-refractivity contribution in [2.45, 2.75) is 103 Å². The molecule has 0 bridgehead atoms. The van der Waals surface area contributed by atoms with Crippen molar-refractivity contribution in [2.24, 2.45) is 17.1 Å². The molecular weight excluding hydrogens is 781 g/mol. The number of ether oxygens (including phenoxy) is 1. The van der Waals surface area contributed by atoms with Gasteiger partial charge in [0, 0.05) is 24.4 Å². The number of rotatable bonds is 28. The number of hydrogen-bond acceptors (Lipinski definition) is 7. The van der Waals surface area contributed by atoms with E-state index >= 15 is 0 Å². The minimum Gasteiger partial charge on any atom is -0.487 e. The molecule has 1 fully saturated rings.